The molecule has 1 amide bonds. The normalized spacial score (nSPS) is 18.0. The van der Waals surface area contributed by atoms with E-state index in [4.69, 9.17) is 14.2 Å². The first-order chi connectivity index (χ1) is 17.5. The number of nitrogens with one attached hydrogen (secondary N) is 2. The Hall–Kier alpha value is -3.41. The molecule has 190 valence electrons. The molecule has 2 aliphatic heterocycles. The second-order valence-corrected chi connectivity index (χ2v) is 8.77. The van der Waals surface area contributed by atoms with Crippen molar-refractivity contribution in [2.45, 2.75) is 19.1 Å². The summed E-state index contributed by atoms with van der Waals surface area (Å²) in [4.78, 5) is 22.3. The number of rotatable bonds is 8. The van der Waals surface area contributed by atoms with Crippen molar-refractivity contribution in [1.82, 2.24) is 20.2 Å². The number of morpholine rings is 1. The topological polar surface area (TPSA) is 97.8 Å². The molecular formula is C25H27F2N5O4. The predicted molar refractivity (Wildman–Crippen MR) is 128 cm³/mol. The number of hydrogen-bond donors (Lipinski definition) is 2. The molecule has 1 saturated heterocycles. The predicted octanol–water partition coefficient (Wildman–Crippen LogP) is 2.28. The molecule has 0 unspecified atom stereocenters. The summed E-state index contributed by atoms with van der Waals surface area (Å²) >= 11 is 0. The zero-order valence-corrected chi connectivity index (χ0v) is 19.9. The van der Waals surface area contributed by atoms with Crippen molar-refractivity contribution in [3.63, 3.8) is 0 Å². The summed E-state index contributed by atoms with van der Waals surface area (Å²) in [6.45, 7) is 3.40. The maximum absolute atomic E-state index is 14.6. The molecule has 0 aliphatic carbocycles. The van der Waals surface area contributed by atoms with E-state index in [-0.39, 0.29) is 30.2 Å². The van der Waals surface area contributed by atoms with Gasteiger partial charge in [0.15, 0.2) is 18.2 Å². The van der Waals surface area contributed by atoms with Gasteiger partial charge in [0.2, 0.25) is 5.88 Å². The number of fused-ring (bicyclic) bond motifs is 2. The van der Waals surface area contributed by atoms with Gasteiger partial charge < -0.3 is 24.8 Å². The number of ether oxygens (including phenoxy) is 3. The number of anilines is 1. The van der Waals surface area contributed by atoms with Crippen LogP contribution >= 0.6 is 0 Å². The van der Waals surface area contributed by atoms with Crippen molar-refractivity contribution in [2.24, 2.45) is 0 Å². The van der Waals surface area contributed by atoms with Crippen LogP contribution in [0.3, 0.4) is 0 Å². The van der Waals surface area contributed by atoms with Gasteiger partial charge in [-0.05, 0) is 30.2 Å². The van der Waals surface area contributed by atoms with Crippen molar-refractivity contribution in [3.05, 3.63) is 53.2 Å². The van der Waals surface area contributed by atoms with Gasteiger partial charge in [-0.1, -0.05) is 0 Å². The molecule has 11 heteroatoms. The number of methoxy groups -OCH3 is 1. The van der Waals surface area contributed by atoms with Gasteiger partial charge in [0.05, 0.1) is 42.7 Å². The molecule has 0 radical (unpaired) electrons. The van der Waals surface area contributed by atoms with Crippen molar-refractivity contribution in [2.75, 3.05) is 51.8 Å². The number of pyridine rings is 2. The molecule has 9 nitrogen and oxygen atoms in total. The van der Waals surface area contributed by atoms with Crippen LogP contribution in [0.2, 0.25) is 0 Å². The third-order valence-corrected chi connectivity index (χ3v) is 6.28. The van der Waals surface area contributed by atoms with Crippen molar-refractivity contribution >= 4 is 22.6 Å². The first-order valence-corrected chi connectivity index (χ1v) is 11.8. The smallest absolute Gasteiger partial charge is 0.262 e. The van der Waals surface area contributed by atoms with E-state index in [0.717, 1.165) is 6.54 Å². The molecule has 0 saturated carbocycles. The summed E-state index contributed by atoms with van der Waals surface area (Å²) in [7, 11) is 1.52. The number of benzene rings is 1. The highest BCUT2D eigenvalue weighted by molar-refractivity contribution is 5.95. The standard InChI is InChI=1S/C25H27F2N5O4/c1-34-23-3-2-20-24(31-23)17(19(27)12-29-20)4-5-32-6-7-35-16(13-32)11-28-10-15-8-18(26)25-21(9-15)30-22(33)14-36-25/h2-3,8-9,12,16,28H,4-7,10-11,13-14H2,1H3,(H,30,33)/t16-/m0/s1. The Bertz CT molecular complexity index is 1270. The van der Waals surface area contributed by atoms with E-state index >= 15 is 0 Å². The Morgan fingerprint density at radius 2 is 2.17 bits per heavy atom. The van der Waals surface area contributed by atoms with Gasteiger partial charge in [-0.2, -0.15) is 0 Å². The summed E-state index contributed by atoms with van der Waals surface area (Å²) in [6, 6.07) is 6.58. The van der Waals surface area contributed by atoms with Crippen molar-refractivity contribution < 1.29 is 27.8 Å². The lowest BCUT2D eigenvalue weighted by Gasteiger charge is -2.33. The number of amides is 1. The van der Waals surface area contributed by atoms with Crippen LogP contribution in [0.25, 0.3) is 11.0 Å². The zero-order valence-electron chi connectivity index (χ0n) is 19.9. The lowest BCUT2D eigenvalue weighted by molar-refractivity contribution is -0.118. The maximum atomic E-state index is 14.6. The average Bonchev–Trinajstić information content (AvgIpc) is 2.88. The van der Waals surface area contributed by atoms with Crippen LogP contribution in [-0.2, 0) is 22.5 Å². The Balaban J connectivity index is 1.16. The van der Waals surface area contributed by atoms with Crippen LogP contribution in [0.1, 0.15) is 11.1 Å². The van der Waals surface area contributed by atoms with Gasteiger partial charge in [0, 0.05) is 44.4 Å². The molecule has 1 aromatic carbocycles. The molecule has 2 aliphatic rings. The third kappa shape index (κ3) is 5.38. The second-order valence-electron chi connectivity index (χ2n) is 8.77. The first kappa shape index (κ1) is 24.3. The highest BCUT2D eigenvalue weighted by Gasteiger charge is 2.23. The van der Waals surface area contributed by atoms with Crippen molar-refractivity contribution in [1.29, 1.82) is 0 Å². The highest BCUT2D eigenvalue weighted by Crippen LogP contribution is 2.32. The zero-order chi connectivity index (χ0) is 25.1. The number of halogens is 2. The Labute approximate surface area is 206 Å². The average molecular weight is 500 g/mol. The third-order valence-electron chi connectivity index (χ3n) is 6.28. The Kier molecular flexibility index (Phi) is 7.21. The van der Waals surface area contributed by atoms with E-state index in [9.17, 15) is 13.6 Å². The van der Waals surface area contributed by atoms with Gasteiger partial charge in [-0.25, -0.2) is 13.8 Å². The summed E-state index contributed by atoms with van der Waals surface area (Å²) in [6.07, 6.45) is 1.65. The lowest BCUT2D eigenvalue weighted by atomic mass is 10.1. The number of nitrogens with zero attached hydrogens (tertiary/aromatic N) is 3. The van der Waals surface area contributed by atoms with Gasteiger partial charge in [-0.3, -0.25) is 14.7 Å². The highest BCUT2D eigenvalue weighted by atomic mass is 19.1. The number of carbonyl (C=O) groups excluding carboxylic acids is 1. The van der Waals surface area contributed by atoms with Crippen LogP contribution in [0.5, 0.6) is 11.6 Å². The molecule has 3 aromatic rings. The first-order valence-electron chi connectivity index (χ1n) is 11.8. The molecule has 4 heterocycles. The molecule has 1 fully saturated rings. The van der Waals surface area contributed by atoms with Crippen LogP contribution in [0.4, 0.5) is 14.5 Å². The van der Waals surface area contributed by atoms with Gasteiger partial charge >= 0.3 is 0 Å². The number of aromatic nitrogens is 2. The molecular weight excluding hydrogens is 472 g/mol. The molecule has 2 N–H and O–H groups in total. The fraction of sp³-hybridized carbons (Fsp3) is 0.400. The summed E-state index contributed by atoms with van der Waals surface area (Å²) in [5.74, 6) is -0.711. The van der Waals surface area contributed by atoms with E-state index < -0.39 is 5.82 Å². The summed E-state index contributed by atoms with van der Waals surface area (Å²) in [5.41, 5.74) is 2.69. The largest absolute Gasteiger partial charge is 0.481 e. The van der Waals surface area contributed by atoms with Crippen molar-refractivity contribution in [3.8, 4) is 11.6 Å². The molecule has 0 spiro atoms. The monoisotopic (exact) mass is 499 g/mol. The van der Waals surface area contributed by atoms with E-state index in [1.54, 1.807) is 18.2 Å². The fourth-order valence-electron chi connectivity index (χ4n) is 4.50. The summed E-state index contributed by atoms with van der Waals surface area (Å²) in [5, 5.41) is 5.92. The quantitative estimate of drug-likeness (QED) is 0.487. The minimum absolute atomic E-state index is 0.0664. The molecule has 36 heavy (non-hydrogen) atoms. The van der Waals surface area contributed by atoms with Crippen LogP contribution in [-0.4, -0.2) is 73.4 Å². The van der Waals surface area contributed by atoms with E-state index in [0.29, 0.717) is 72.9 Å². The van der Waals surface area contributed by atoms with Crippen LogP contribution < -0.4 is 20.1 Å². The Morgan fingerprint density at radius 3 is 3.03 bits per heavy atom. The second kappa shape index (κ2) is 10.7. The minimum atomic E-state index is -0.507. The maximum Gasteiger partial charge on any atom is 0.262 e. The van der Waals surface area contributed by atoms with Gasteiger partial charge in [0.1, 0.15) is 5.82 Å². The van der Waals surface area contributed by atoms with Crippen LogP contribution in [0.15, 0.2) is 30.5 Å². The molecule has 0 bridgehead atoms. The molecule has 2 aromatic heterocycles. The minimum Gasteiger partial charge on any atom is -0.481 e. The Morgan fingerprint density at radius 1 is 1.28 bits per heavy atom. The molecule has 1 atom stereocenters. The lowest BCUT2D eigenvalue weighted by Crippen LogP contribution is -2.47. The molecule has 5 rings (SSSR count). The van der Waals surface area contributed by atoms with Crippen LogP contribution in [0, 0.1) is 11.6 Å². The van der Waals surface area contributed by atoms with E-state index in [1.807, 2.05) is 0 Å². The van der Waals surface area contributed by atoms with Gasteiger partial charge in [0.25, 0.3) is 5.91 Å². The van der Waals surface area contributed by atoms with E-state index in [2.05, 4.69) is 25.5 Å². The summed E-state index contributed by atoms with van der Waals surface area (Å²) < 4.78 is 45.2. The number of carbonyl (C=O) groups is 1. The number of hydrogen-bond acceptors (Lipinski definition) is 8. The van der Waals surface area contributed by atoms with Gasteiger partial charge in [-0.15, -0.1) is 0 Å². The fourth-order valence-corrected chi connectivity index (χ4v) is 4.50. The SMILES string of the molecule is COc1ccc2ncc(F)c(CCN3CCO[C@@H](CNCc4cc(F)c5c(c4)NC(=O)CO5)C3)c2n1. The van der Waals surface area contributed by atoms with E-state index in [1.165, 1.54) is 19.4 Å².